The van der Waals surface area contributed by atoms with Crippen molar-refractivity contribution in [3.63, 3.8) is 0 Å². The number of carbonyl (C=O) groups excluding carboxylic acids is 2. The van der Waals surface area contributed by atoms with Gasteiger partial charge in [0.2, 0.25) is 5.91 Å². The van der Waals surface area contributed by atoms with Gasteiger partial charge < -0.3 is 5.32 Å². The minimum absolute atomic E-state index is 0.0784. The van der Waals surface area contributed by atoms with E-state index in [0.717, 1.165) is 23.2 Å². The predicted molar refractivity (Wildman–Crippen MR) is 66.5 cm³/mol. The number of aromatic nitrogens is 2. The van der Waals surface area contributed by atoms with Gasteiger partial charge in [-0.05, 0) is 18.9 Å². The summed E-state index contributed by atoms with van der Waals surface area (Å²) < 4.78 is 1.12. The number of rotatable bonds is 4. The van der Waals surface area contributed by atoms with Crippen molar-refractivity contribution in [2.75, 3.05) is 6.61 Å². The molecule has 2 N–H and O–H groups in total. The van der Waals surface area contributed by atoms with Crippen molar-refractivity contribution in [2.45, 2.75) is 31.3 Å². The molecule has 0 bridgehead atoms. The van der Waals surface area contributed by atoms with E-state index in [1.54, 1.807) is 6.07 Å². The number of hydroxylamine groups is 1. The Morgan fingerprint density at radius 1 is 1.45 bits per heavy atom. The van der Waals surface area contributed by atoms with E-state index in [1.165, 1.54) is 6.07 Å². The third-order valence-electron chi connectivity index (χ3n) is 3.25. The van der Waals surface area contributed by atoms with E-state index >= 15 is 0 Å². The van der Waals surface area contributed by atoms with Crippen LogP contribution in [0.5, 0.6) is 0 Å². The fourth-order valence-corrected chi connectivity index (χ4v) is 2.00. The lowest BCUT2D eigenvalue weighted by molar-refractivity contribution is -0.129. The van der Waals surface area contributed by atoms with Crippen LogP contribution in [0, 0.1) is 0 Å². The second-order valence-corrected chi connectivity index (χ2v) is 4.93. The molecule has 0 radical (unpaired) electrons. The van der Waals surface area contributed by atoms with Gasteiger partial charge >= 0.3 is 0 Å². The molecule has 1 saturated carbocycles. The topological polar surface area (TPSA) is 102 Å². The van der Waals surface area contributed by atoms with E-state index in [1.807, 2.05) is 0 Å². The van der Waals surface area contributed by atoms with Gasteiger partial charge in [-0.1, -0.05) is 0 Å². The van der Waals surface area contributed by atoms with Gasteiger partial charge in [-0.15, -0.1) is 0 Å². The summed E-state index contributed by atoms with van der Waals surface area (Å²) in [6.45, 7) is -0.127. The maximum atomic E-state index is 11.8. The van der Waals surface area contributed by atoms with Crippen LogP contribution in [0.4, 0.5) is 0 Å². The van der Waals surface area contributed by atoms with Crippen molar-refractivity contribution in [1.82, 2.24) is 20.6 Å². The Bertz CT molecular complexity index is 608. The molecule has 1 saturated heterocycles. The van der Waals surface area contributed by atoms with E-state index in [-0.39, 0.29) is 18.7 Å². The molecule has 1 aromatic rings. The van der Waals surface area contributed by atoms with Crippen LogP contribution in [0.25, 0.3) is 0 Å². The zero-order chi connectivity index (χ0) is 14.1. The van der Waals surface area contributed by atoms with Gasteiger partial charge in [-0.25, -0.2) is 10.2 Å². The summed E-state index contributed by atoms with van der Waals surface area (Å²) in [5.74, 6) is -0.442. The average molecular weight is 278 g/mol. The lowest BCUT2D eigenvalue weighted by atomic mass is 10.3. The molecule has 8 heteroatoms. The molecule has 1 aromatic heterocycles. The largest absolute Gasteiger partial charge is 0.341 e. The van der Waals surface area contributed by atoms with Gasteiger partial charge in [0, 0.05) is 12.0 Å². The third-order valence-corrected chi connectivity index (χ3v) is 3.25. The minimum Gasteiger partial charge on any atom is -0.341 e. The van der Waals surface area contributed by atoms with Crippen LogP contribution in [-0.4, -0.2) is 34.2 Å². The van der Waals surface area contributed by atoms with E-state index in [4.69, 9.17) is 4.84 Å². The Balaban J connectivity index is 1.67. The number of hydrogen-bond acceptors (Lipinski definition) is 5. The molecular weight excluding hydrogens is 264 g/mol. The highest BCUT2D eigenvalue weighted by Gasteiger charge is 2.28. The molecule has 1 aliphatic heterocycles. The zero-order valence-corrected chi connectivity index (χ0v) is 10.7. The molecule has 1 aliphatic carbocycles. The first-order valence-electron chi connectivity index (χ1n) is 6.42. The second-order valence-electron chi connectivity index (χ2n) is 4.93. The Morgan fingerprint density at radius 3 is 2.90 bits per heavy atom. The van der Waals surface area contributed by atoms with E-state index in [2.05, 4.69) is 15.9 Å². The molecule has 0 aromatic carbocycles. The summed E-state index contributed by atoms with van der Waals surface area (Å²) in [6.07, 6.45) is 2.13. The van der Waals surface area contributed by atoms with Crippen LogP contribution in [0.2, 0.25) is 0 Å². The number of hydrogen-bond donors (Lipinski definition) is 2. The first kappa shape index (κ1) is 12.8. The second kappa shape index (κ2) is 5.04. The molecule has 2 fully saturated rings. The van der Waals surface area contributed by atoms with E-state index in [9.17, 15) is 14.4 Å². The van der Waals surface area contributed by atoms with Gasteiger partial charge in [-0.3, -0.25) is 19.2 Å². The lowest BCUT2D eigenvalue weighted by Crippen LogP contribution is -2.44. The number of carbonyl (C=O) groups is 2. The Hall–Kier alpha value is -2.22. The van der Waals surface area contributed by atoms with Gasteiger partial charge in [0.15, 0.2) is 0 Å². The van der Waals surface area contributed by atoms with Crippen LogP contribution in [0.15, 0.2) is 16.9 Å². The molecular formula is C12H14N4O4. The van der Waals surface area contributed by atoms with Gasteiger partial charge in [-0.2, -0.15) is 5.10 Å². The average Bonchev–Trinajstić information content (AvgIpc) is 3.18. The summed E-state index contributed by atoms with van der Waals surface area (Å²) >= 11 is 0. The highest BCUT2D eigenvalue weighted by atomic mass is 16.7. The fourth-order valence-electron chi connectivity index (χ4n) is 2.00. The summed E-state index contributed by atoms with van der Waals surface area (Å²) in [7, 11) is 0. The first-order valence-corrected chi connectivity index (χ1v) is 6.42. The van der Waals surface area contributed by atoms with Crippen molar-refractivity contribution < 1.29 is 14.4 Å². The van der Waals surface area contributed by atoms with Crippen LogP contribution in [0.3, 0.4) is 0 Å². The van der Waals surface area contributed by atoms with Crippen LogP contribution >= 0.6 is 0 Å². The maximum Gasteiger partial charge on any atom is 0.268 e. The zero-order valence-electron chi connectivity index (χ0n) is 10.7. The van der Waals surface area contributed by atoms with Crippen molar-refractivity contribution in [3.8, 4) is 0 Å². The predicted octanol–water partition coefficient (Wildman–Crippen LogP) is -1.33. The SMILES string of the molecule is O=C(Cn1nc(C2CC2)ccc1=O)NC1CONC1=O. The van der Waals surface area contributed by atoms with Crippen molar-refractivity contribution >= 4 is 11.8 Å². The van der Waals surface area contributed by atoms with Gasteiger partial charge in [0.1, 0.15) is 19.2 Å². The third kappa shape index (κ3) is 2.69. The van der Waals surface area contributed by atoms with Crippen molar-refractivity contribution in [2.24, 2.45) is 0 Å². The highest BCUT2D eigenvalue weighted by molar-refractivity contribution is 5.87. The molecule has 1 unspecified atom stereocenters. The summed E-state index contributed by atoms with van der Waals surface area (Å²) in [5, 5.41) is 6.67. The maximum absolute atomic E-state index is 11.8. The minimum atomic E-state index is -0.718. The first-order chi connectivity index (χ1) is 9.63. The Morgan fingerprint density at radius 2 is 2.25 bits per heavy atom. The lowest BCUT2D eigenvalue weighted by Gasteiger charge is -2.10. The summed E-state index contributed by atoms with van der Waals surface area (Å²) in [4.78, 5) is 39.4. The highest BCUT2D eigenvalue weighted by Crippen LogP contribution is 2.38. The molecule has 8 nitrogen and oxygen atoms in total. The van der Waals surface area contributed by atoms with Gasteiger partial charge in [0.25, 0.3) is 11.5 Å². The number of nitrogens with one attached hydrogen (secondary N) is 2. The normalized spacial score (nSPS) is 21.6. The summed E-state index contributed by atoms with van der Waals surface area (Å²) in [5.41, 5.74) is 2.64. The number of nitrogens with zero attached hydrogens (tertiary/aromatic N) is 2. The smallest absolute Gasteiger partial charge is 0.268 e. The molecule has 1 atom stereocenters. The molecule has 2 heterocycles. The Labute approximate surface area is 114 Å². The quantitative estimate of drug-likeness (QED) is 0.710. The van der Waals surface area contributed by atoms with Gasteiger partial charge in [0.05, 0.1) is 5.69 Å². The molecule has 2 amide bonds. The van der Waals surface area contributed by atoms with E-state index in [0.29, 0.717) is 5.92 Å². The van der Waals surface area contributed by atoms with Crippen molar-refractivity contribution in [1.29, 1.82) is 0 Å². The number of amides is 2. The molecule has 3 rings (SSSR count). The van der Waals surface area contributed by atoms with Crippen molar-refractivity contribution in [3.05, 3.63) is 28.2 Å². The van der Waals surface area contributed by atoms with Crippen LogP contribution in [0.1, 0.15) is 24.5 Å². The Kier molecular flexibility index (Phi) is 3.23. The van der Waals surface area contributed by atoms with Crippen LogP contribution in [-0.2, 0) is 21.0 Å². The monoisotopic (exact) mass is 278 g/mol. The van der Waals surface area contributed by atoms with E-state index < -0.39 is 17.9 Å². The molecule has 2 aliphatic rings. The fraction of sp³-hybridized carbons (Fsp3) is 0.500. The summed E-state index contributed by atoms with van der Waals surface area (Å²) in [6, 6.07) is 2.40. The standard InChI is InChI=1S/C12H14N4O4/c17-10(13-9-6-20-15-12(9)19)5-16-11(18)4-3-8(14-16)7-1-2-7/h3-4,7,9H,1-2,5-6H2,(H,13,17)(H,15,19). The molecule has 20 heavy (non-hydrogen) atoms. The van der Waals surface area contributed by atoms with Crippen LogP contribution < -0.4 is 16.4 Å². The molecule has 106 valence electrons. The molecule has 0 spiro atoms.